The molecule has 1 aliphatic heterocycles. The molecule has 114 valence electrons. The molecule has 1 aromatic carbocycles. The Morgan fingerprint density at radius 3 is 2.90 bits per heavy atom. The summed E-state index contributed by atoms with van der Waals surface area (Å²) in [5, 5.41) is 21.2. The Labute approximate surface area is 125 Å². The summed E-state index contributed by atoms with van der Waals surface area (Å²) in [6, 6.07) is 8.46. The Morgan fingerprint density at radius 1 is 1.29 bits per heavy atom. The number of aromatic nitrogens is 1. The molecule has 2 N–H and O–H groups in total. The van der Waals surface area contributed by atoms with Crippen molar-refractivity contribution in [3.8, 4) is 0 Å². The molecule has 4 heteroatoms. The van der Waals surface area contributed by atoms with E-state index in [0.717, 1.165) is 42.3 Å². The van der Waals surface area contributed by atoms with Crippen molar-refractivity contribution in [1.82, 2.24) is 9.47 Å². The van der Waals surface area contributed by atoms with Gasteiger partial charge in [0.05, 0.1) is 0 Å². The van der Waals surface area contributed by atoms with E-state index in [1.165, 1.54) is 6.42 Å². The molecule has 3 rings (SSSR count). The van der Waals surface area contributed by atoms with E-state index in [1.54, 1.807) is 0 Å². The zero-order chi connectivity index (χ0) is 14.8. The molecule has 1 aromatic heterocycles. The standard InChI is InChI=1S/C17H24N2O2/c1-18-12-15(14-7-2-3-8-16(14)18)17(21)19-10-5-4-6-13(19)9-11-20/h2-3,7-8,12-13,17,20-21H,4-6,9-11H2,1H3. The van der Waals surface area contributed by atoms with Crippen molar-refractivity contribution in [2.75, 3.05) is 13.2 Å². The molecule has 0 aliphatic carbocycles. The van der Waals surface area contributed by atoms with Crippen molar-refractivity contribution in [3.05, 3.63) is 36.0 Å². The second-order valence-corrected chi connectivity index (χ2v) is 5.99. The zero-order valence-corrected chi connectivity index (χ0v) is 12.6. The summed E-state index contributed by atoms with van der Waals surface area (Å²) in [5.74, 6) is 0. The predicted molar refractivity (Wildman–Crippen MR) is 83.9 cm³/mol. The number of para-hydroxylation sites is 1. The van der Waals surface area contributed by atoms with Gasteiger partial charge in [-0.25, -0.2) is 0 Å². The Kier molecular flexibility index (Phi) is 4.29. The van der Waals surface area contributed by atoms with Crippen molar-refractivity contribution in [2.24, 2.45) is 7.05 Å². The van der Waals surface area contributed by atoms with E-state index in [2.05, 4.69) is 21.6 Å². The van der Waals surface area contributed by atoms with Crippen LogP contribution in [0, 0.1) is 0 Å². The zero-order valence-electron chi connectivity index (χ0n) is 12.6. The van der Waals surface area contributed by atoms with Gasteiger partial charge in [0.25, 0.3) is 0 Å². The number of benzene rings is 1. The summed E-state index contributed by atoms with van der Waals surface area (Å²) in [5.41, 5.74) is 2.11. The van der Waals surface area contributed by atoms with E-state index in [1.807, 2.05) is 25.4 Å². The van der Waals surface area contributed by atoms with Gasteiger partial charge in [-0.1, -0.05) is 24.6 Å². The third kappa shape index (κ3) is 2.71. The van der Waals surface area contributed by atoms with Crippen molar-refractivity contribution in [3.63, 3.8) is 0 Å². The summed E-state index contributed by atoms with van der Waals surface area (Å²) in [6.07, 6.45) is 5.53. The Hall–Kier alpha value is -1.36. The van der Waals surface area contributed by atoms with Gasteiger partial charge in [-0.2, -0.15) is 0 Å². The lowest BCUT2D eigenvalue weighted by atomic mass is 9.98. The molecule has 4 nitrogen and oxygen atoms in total. The average Bonchev–Trinajstić information content (AvgIpc) is 2.85. The normalized spacial score (nSPS) is 21.8. The quantitative estimate of drug-likeness (QED) is 0.908. The molecule has 2 heterocycles. The Morgan fingerprint density at radius 2 is 2.10 bits per heavy atom. The number of nitrogens with zero attached hydrogens (tertiary/aromatic N) is 2. The smallest absolute Gasteiger partial charge is 0.135 e. The molecule has 0 amide bonds. The highest BCUT2D eigenvalue weighted by atomic mass is 16.3. The van der Waals surface area contributed by atoms with Crippen molar-refractivity contribution < 1.29 is 10.2 Å². The van der Waals surface area contributed by atoms with Crippen molar-refractivity contribution in [2.45, 2.75) is 38.0 Å². The van der Waals surface area contributed by atoms with Crippen LogP contribution in [0.15, 0.2) is 30.5 Å². The first kappa shape index (κ1) is 14.6. The van der Waals surface area contributed by atoms with E-state index >= 15 is 0 Å². The van der Waals surface area contributed by atoms with Crippen LogP contribution in [0.5, 0.6) is 0 Å². The highest BCUT2D eigenvalue weighted by Gasteiger charge is 2.29. The van der Waals surface area contributed by atoms with E-state index in [4.69, 9.17) is 0 Å². The molecule has 1 fully saturated rings. The second kappa shape index (κ2) is 6.18. The van der Waals surface area contributed by atoms with Gasteiger partial charge in [-0.05, 0) is 25.3 Å². The van der Waals surface area contributed by atoms with Gasteiger partial charge in [0.15, 0.2) is 0 Å². The fourth-order valence-corrected chi connectivity index (χ4v) is 3.56. The van der Waals surface area contributed by atoms with Gasteiger partial charge in [0.1, 0.15) is 6.23 Å². The number of aliphatic hydroxyl groups is 2. The Bertz CT molecular complexity index is 606. The summed E-state index contributed by atoms with van der Waals surface area (Å²) < 4.78 is 2.07. The maximum atomic E-state index is 10.9. The first-order chi connectivity index (χ1) is 10.2. The molecule has 0 bridgehead atoms. The predicted octanol–water partition coefficient (Wildman–Crippen LogP) is 2.41. The highest BCUT2D eigenvalue weighted by Crippen LogP contribution is 2.32. The molecule has 2 unspecified atom stereocenters. The first-order valence-electron chi connectivity index (χ1n) is 7.81. The number of piperidine rings is 1. The SMILES string of the molecule is Cn1cc(C(O)N2CCCCC2CCO)c2ccccc21. The minimum atomic E-state index is -0.590. The monoisotopic (exact) mass is 288 g/mol. The third-order valence-corrected chi connectivity index (χ3v) is 4.66. The lowest BCUT2D eigenvalue weighted by Gasteiger charge is -2.38. The number of likely N-dealkylation sites (tertiary alicyclic amines) is 1. The number of aliphatic hydroxyl groups excluding tert-OH is 2. The largest absolute Gasteiger partial charge is 0.396 e. The fraction of sp³-hybridized carbons (Fsp3) is 0.529. The van der Waals surface area contributed by atoms with Crippen LogP contribution in [0.25, 0.3) is 10.9 Å². The fourth-order valence-electron chi connectivity index (χ4n) is 3.56. The van der Waals surface area contributed by atoms with Crippen LogP contribution >= 0.6 is 0 Å². The molecule has 1 saturated heterocycles. The van der Waals surface area contributed by atoms with Crippen molar-refractivity contribution >= 4 is 10.9 Å². The lowest BCUT2D eigenvalue weighted by Crippen LogP contribution is -2.42. The summed E-state index contributed by atoms with van der Waals surface area (Å²) >= 11 is 0. The maximum Gasteiger partial charge on any atom is 0.135 e. The lowest BCUT2D eigenvalue weighted by molar-refractivity contribution is -0.0477. The van der Waals surface area contributed by atoms with Crippen LogP contribution in [0.1, 0.15) is 37.5 Å². The first-order valence-corrected chi connectivity index (χ1v) is 7.81. The van der Waals surface area contributed by atoms with Gasteiger partial charge in [-0.15, -0.1) is 0 Å². The molecule has 0 spiro atoms. The minimum Gasteiger partial charge on any atom is -0.396 e. The second-order valence-electron chi connectivity index (χ2n) is 5.99. The topological polar surface area (TPSA) is 48.6 Å². The molecular formula is C17H24N2O2. The molecule has 2 aromatic rings. The van der Waals surface area contributed by atoms with E-state index in [0.29, 0.717) is 0 Å². The van der Waals surface area contributed by atoms with Gasteiger partial charge in [0, 0.05) is 48.9 Å². The molecule has 1 aliphatic rings. The number of hydrogen-bond acceptors (Lipinski definition) is 3. The Balaban J connectivity index is 1.93. The van der Waals surface area contributed by atoms with Crippen LogP contribution < -0.4 is 0 Å². The van der Waals surface area contributed by atoms with Gasteiger partial charge >= 0.3 is 0 Å². The van der Waals surface area contributed by atoms with Crippen LogP contribution in [-0.4, -0.2) is 38.9 Å². The van der Waals surface area contributed by atoms with Crippen LogP contribution in [-0.2, 0) is 7.05 Å². The third-order valence-electron chi connectivity index (χ3n) is 4.66. The number of rotatable bonds is 4. The molecule has 0 saturated carbocycles. The van der Waals surface area contributed by atoms with Crippen molar-refractivity contribution in [1.29, 1.82) is 0 Å². The van der Waals surface area contributed by atoms with Gasteiger partial charge in [0.2, 0.25) is 0 Å². The van der Waals surface area contributed by atoms with E-state index in [-0.39, 0.29) is 12.6 Å². The van der Waals surface area contributed by atoms with Crippen LogP contribution in [0.4, 0.5) is 0 Å². The number of hydrogen-bond donors (Lipinski definition) is 2. The summed E-state index contributed by atoms with van der Waals surface area (Å²) in [4.78, 5) is 2.15. The van der Waals surface area contributed by atoms with Crippen LogP contribution in [0.2, 0.25) is 0 Å². The van der Waals surface area contributed by atoms with Gasteiger partial charge in [-0.3, -0.25) is 4.90 Å². The number of aryl methyl sites for hydroxylation is 1. The summed E-state index contributed by atoms with van der Waals surface area (Å²) in [6.45, 7) is 1.08. The molecular weight excluding hydrogens is 264 g/mol. The minimum absolute atomic E-state index is 0.184. The maximum absolute atomic E-state index is 10.9. The van der Waals surface area contributed by atoms with E-state index in [9.17, 15) is 10.2 Å². The summed E-state index contributed by atoms with van der Waals surface area (Å²) in [7, 11) is 2.01. The average molecular weight is 288 g/mol. The molecule has 0 radical (unpaired) electrons. The van der Waals surface area contributed by atoms with Crippen LogP contribution in [0.3, 0.4) is 0 Å². The molecule has 2 atom stereocenters. The highest BCUT2D eigenvalue weighted by molar-refractivity contribution is 5.84. The van der Waals surface area contributed by atoms with E-state index < -0.39 is 6.23 Å². The molecule has 21 heavy (non-hydrogen) atoms. The van der Waals surface area contributed by atoms with Gasteiger partial charge < -0.3 is 14.8 Å². The number of fused-ring (bicyclic) bond motifs is 1.